The highest BCUT2D eigenvalue weighted by Gasteiger charge is 2.20. The Morgan fingerprint density at radius 3 is 2.50 bits per heavy atom. The van der Waals surface area contributed by atoms with Gasteiger partial charge in [0.05, 0.1) is 4.90 Å². The molecule has 0 aliphatic carbocycles. The van der Waals surface area contributed by atoms with E-state index in [-0.39, 0.29) is 16.7 Å². The highest BCUT2D eigenvalue weighted by Crippen LogP contribution is 2.17. The summed E-state index contributed by atoms with van der Waals surface area (Å²) in [7, 11) is -3.27. The van der Waals surface area contributed by atoms with E-state index in [1.54, 1.807) is 35.2 Å². The maximum absolute atomic E-state index is 12.4. The molecule has 1 fully saturated rings. The van der Waals surface area contributed by atoms with Gasteiger partial charge in [0.1, 0.15) is 0 Å². The fraction of sp³-hybridized carbons (Fsp3) is 0.263. The highest BCUT2D eigenvalue weighted by molar-refractivity contribution is 7.90. The van der Waals surface area contributed by atoms with E-state index < -0.39 is 9.84 Å². The number of nitrogens with one attached hydrogen (secondary N) is 1. The average molecular weight is 372 g/mol. The van der Waals surface area contributed by atoms with E-state index in [1.807, 2.05) is 6.07 Å². The van der Waals surface area contributed by atoms with E-state index in [0.717, 1.165) is 24.8 Å². The number of carbonyl (C=O) groups excluding carboxylic acids is 2. The molecule has 0 atom stereocenters. The van der Waals surface area contributed by atoms with E-state index in [4.69, 9.17) is 0 Å². The van der Waals surface area contributed by atoms with Crippen molar-refractivity contribution >= 4 is 27.3 Å². The summed E-state index contributed by atoms with van der Waals surface area (Å²) in [5.41, 5.74) is 1.91. The molecule has 2 amide bonds. The first-order valence-electron chi connectivity index (χ1n) is 8.31. The van der Waals surface area contributed by atoms with Crippen LogP contribution in [0, 0.1) is 0 Å². The van der Waals surface area contributed by atoms with Gasteiger partial charge in [-0.15, -0.1) is 0 Å². The summed E-state index contributed by atoms with van der Waals surface area (Å²) in [6.45, 7) is 1.25. The monoisotopic (exact) mass is 372 g/mol. The van der Waals surface area contributed by atoms with E-state index >= 15 is 0 Å². The van der Waals surface area contributed by atoms with Crippen molar-refractivity contribution in [1.82, 2.24) is 4.90 Å². The molecular formula is C19H20N2O4S. The minimum absolute atomic E-state index is 0.144. The van der Waals surface area contributed by atoms with Crippen LogP contribution in [0.4, 0.5) is 5.69 Å². The van der Waals surface area contributed by atoms with Crippen molar-refractivity contribution in [3.05, 3.63) is 59.7 Å². The molecule has 0 radical (unpaired) electrons. The predicted molar refractivity (Wildman–Crippen MR) is 98.6 cm³/mol. The molecule has 6 nitrogen and oxygen atoms in total. The molecule has 0 spiro atoms. The van der Waals surface area contributed by atoms with Gasteiger partial charge >= 0.3 is 0 Å². The molecule has 3 rings (SSSR count). The fourth-order valence-corrected chi connectivity index (χ4v) is 3.52. The number of rotatable bonds is 5. The van der Waals surface area contributed by atoms with E-state index in [2.05, 4.69) is 5.32 Å². The van der Waals surface area contributed by atoms with Crippen molar-refractivity contribution in [2.24, 2.45) is 0 Å². The predicted octanol–water partition coefficient (Wildman–Crippen LogP) is 2.46. The Morgan fingerprint density at radius 1 is 1.15 bits per heavy atom. The number of hydrogen-bond donors (Lipinski definition) is 1. The molecule has 1 heterocycles. The summed E-state index contributed by atoms with van der Waals surface area (Å²) in [5.74, 6) is -0.141. The molecule has 0 aromatic heterocycles. The van der Waals surface area contributed by atoms with Crippen LogP contribution in [-0.4, -0.2) is 37.9 Å². The van der Waals surface area contributed by atoms with Gasteiger partial charge in [0.2, 0.25) is 5.91 Å². The fourth-order valence-electron chi connectivity index (χ4n) is 2.89. The van der Waals surface area contributed by atoms with Gasteiger partial charge in [0.25, 0.3) is 5.91 Å². The number of carbonyl (C=O) groups is 2. The Kier molecular flexibility index (Phi) is 5.08. The van der Waals surface area contributed by atoms with Crippen LogP contribution in [-0.2, 0) is 21.2 Å². The molecule has 0 bridgehead atoms. The van der Waals surface area contributed by atoms with Crippen LogP contribution in [0.5, 0.6) is 0 Å². The SMILES string of the molecule is CS(=O)(=O)c1ccc(NC(=O)c2cccc(CN3CCCC3=O)c2)cc1. The van der Waals surface area contributed by atoms with Gasteiger partial charge in [-0.1, -0.05) is 12.1 Å². The number of anilines is 1. The van der Waals surface area contributed by atoms with Crippen molar-refractivity contribution in [2.45, 2.75) is 24.3 Å². The summed E-state index contributed by atoms with van der Waals surface area (Å²) in [6.07, 6.45) is 2.60. The van der Waals surface area contributed by atoms with Gasteiger partial charge in [-0.05, 0) is 48.4 Å². The van der Waals surface area contributed by atoms with Gasteiger partial charge in [0.15, 0.2) is 9.84 Å². The summed E-state index contributed by atoms with van der Waals surface area (Å²) >= 11 is 0. The summed E-state index contributed by atoms with van der Waals surface area (Å²) in [6, 6.07) is 13.2. The van der Waals surface area contributed by atoms with Crippen molar-refractivity contribution in [2.75, 3.05) is 18.1 Å². The van der Waals surface area contributed by atoms with E-state index in [1.165, 1.54) is 12.1 Å². The molecule has 1 aliphatic rings. The van der Waals surface area contributed by atoms with Gasteiger partial charge in [-0.2, -0.15) is 0 Å². The zero-order valence-corrected chi connectivity index (χ0v) is 15.3. The van der Waals surface area contributed by atoms with Crippen LogP contribution in [0.2, 0.25) is 0 Å². The van der Waals surface area contributed by atoms with Crippen LogP contribution >= 0.6 is 0 Å². The van der Waals surface area contributed by atoms with Crippen molar-refractivity contribution < 1.29 is 18.0 Å². The van der Waals surface area contributed by atoms with E-state index in [0.29, 0.717) is 24.2 Å². The van der Waals surface area contributed by atoms with Crippen molar-refractivity contribution in [3.63, 3.8) is 0 Å². The van der Waals surface area contributed by atoms with Gasteiger partial charge in [-0.25, -0.2) is 8.42 Å². The van der Waals surface area contributed by atoms with Crippen molar-refractivity contribution in [3.8, 4) is 0 Å². The minimum Gasteiger partial charge on any atom is -0.338 e. The van der Waals surface area contributed by atoms with Crippen LogP contribution in [0.15, 0.2) is 53.4 Å². The number of nitrogens with zero attached hydrogens (tertiary/aromatic N) is 1. The van der Waals surface area contributed by atoms with Crippen LogP contribution in [0.3, 0.4) is 0 Å². The average Bonchev–Trinajstić information content (AvgIpc) is 2.99. The molecule has 1 aliphatic heterocycles. The minimum atomic E-state index is -3.27. The third kappa shape index (κ3) is 4.29. The summed E-state index contributed by atoms with van der Waals surface area (Å²) in [4.78, 5) is 26.2. The second-order valence-corrected chi connectivity index (χ2v) is 8.39. The second kappa shape index (κ2) is 7.29. The Bertz CT molecular complexity index is 936. The molecule has 26 heavy (non-hydrogen) atoms. The molecule has 0 unspecified atom stereocenters. The molecule has 2 aromatic rings. The Balaban J connectivity index is 1.70. The molecule has 7 heteroatoms. The zero-order chi connectivity index (χ0) is 18.7. The van der Waals surface area contributed by atoms with Crippen LogP contribution in [0.25, 0.3) is 0 Å². The summed E-state index contributed by atoms with van der Waals surface area (Å²) in [5, 5.41) is 2.75. The topological polar surface area (TPSA) is 83.6 Å². The lowest BCUT2D eigenvalue weighted by atomic mass is 10.1. The molecule has 2 aromatic carbocycles. The first-order valence-corrected chi connectivity index (χ1v) is 10.2. The maximum Gasteiger partial charge on any atom is 0.255 e. The van der Waals surface area contributed by atoms with Crippen LogP contribution in [0.1, 0.15) is 28.8 Å². The molecule has 136 valence electrons. The zero-order valence-electron chi connectivity index (χ0n) is 14.4. The molecular weight excluding hydrogens is 352 g/mol. The van der Waals surface area contributed by atoms with E-state index in [9.17, 15) is 18.0 Å². The number of benzene rings is 2. The third-order valence-electron chi connectivity index (χ3n) is 4.27. The smallest absolute Gasteiger partial charge is 0.255 e. The summed E-state index contributed by atoms with van der Waals surface area (Å²) < 4.78 is 23.0. The standard InChI is InChI=1S/C19H20N2O4S/c1-26(24,25)17-9-7-16(8-10-17)20-19(23)15-5-2-4-14(12-15)13-21-11-3-6-18(21)22/h2,4-5,7-10,12H,3,6,11,13H2,1H3,(H,20,23). The lowest BCUT2D eigenvalue weighted by molar-refractivity contribution is -0.128. The van der Waals surface area contributed by atoms with Gasteiger partial charge < -0.3 is 10.2 Å². The van der Waals surface area contributed by atoms with Crippen molar-refractivity contribution in [1.29, 1.82) is 0 Å². The number of amides is 2. The highest BCUT2D eigenvalue weighted by atomic mass is 32.2. The Labute approximate surface area is 152 Å². The third-order valence-corrected chi connectivity index (χ3v) is 5.40. The normalized spacial score (nSPS) is 14.5. The largest absolute Gasteiger partial charge is 0.338 e. The number of likely N-dealkylation sites (tertiary alicyclic amines) is 1. The maximum atomic E-state index is 12.4. The molecule has 1 N–H and O–H groups in total. The molecule has 1 saturated heterocycles. The lowest BCUT2D eigenvalue weighted by Crippen LogP contribution is -2.24. The Hall–Kier alpha value is -2.67. The number of hydrogen-bond acceptors (Lipinski definition) is 4. The Morgan fingerprint density at radius 2 is 1.88 bits per heavy atom. The van der Waals surface area contributed by atoms with Gasteiger partial charge in [-0.3, -0.25) is 9.59 Å². The van der Waals surface area contributed by atoms with Gasteiger partial charge in [0, 0.05) is 37.0 Å². The second-order valence-electron chi connectivity index (χ2n) is 6.37. The first kappa shape index (κ1) is 18.1. The quantitative estimate of drug-likeness (QED) is 0.874. The molecule has 0 saturated carbocycles. The van der Waals surface area contributed by atoms with Crippen LogP contribution < -0.4 is 5.32 Å². The first-order chi connectivity index (χ1) is 12.3. The number of sulfone groups is 1. The lowest BCUT2D eigenvalue weighted by Gasteiger charge is -2.16.